The van der Waals surface area contributed by atoms with E-state index in [0.717, 1.165) is 11.9 Å². The molecule has 14 heavy (non-hydrogen) atoms. The maximum Gasteiger partial charge on any atom is 0.268 e. The summed E-state index contributed by atoms with van der Waals surface area (Å²) in [6, 6.07) is 6.96. The fourth-order valence-corrected chi connectivity index (χ4v) is 1.05. The molecule has 1 aromatic carbocycles. The van der Waals surface area contributed by atoms with E-state index in [2.05, 4.69) is 5.97 Å². The second-order valence-corrected chi connectivity index (χ2v) is 3.26. The van der Waals surface area contributed by atoms with Gasteiger partial charge in [-0.25, -0.2) is 5.26 Å². The lowest BCUT2D eigenvalue weighted by atomic mass is 9.51. The van der Waals surface area contributed by atoms with Gasteiger partial charge in [-0.3, -0.25) is 0 Å². The molecule has 0 saturated heterocycles. The molecule has 0 amide bonds. The molecule has 0 bridgehead atoms. The van der Waals surface area contributed by atoms with E-state index in [1.165, 1.54) is 0 Å². The standard InChI is InChI=1S/C11H12BNO/c1-12(9-13)8-2-3-10-4-6-11(14)7-5-10/h2-7,14H,8H2,1H3/b3-2-. The highest BCUT2D eigenvalue weighted by Crippen LogP contribution is 2.11. The van der Waals surface area contributed by atoms with Crippen molar-refractivity contribution in [3.05, 3.63) is 35.9 Å². The van der Waals surface area contributed by atoms with Crippen LogP contribution < -0.4 is 0 Å². The molecule has 0 aromatic heterocycles. The van der Waals surface area contributed by atoms with Crippen LogP contribution in [-0.2, 0) is 0 Å². The van der Waals surface area contributed by atoms with Crippen molar-refractivity contribution in [3.63, 3.8) is 0 Å². The summed E-state index contributed by atoms with van der Waals surface area (Å²) in [4.78, 5) is 0. The number of phenols is 1. The molecule has 70 valence electrons. The first kappa shape index (κ1) is 10.4. The van der Waals surface area contributed by atoms with E-state index in [-0.39, 0.29) is 12.5 Å². The zero-order valence-electron chi connectivity index (χ0n) is 8.14. The normalized spacial score (nSPS) is 10.0. The Balaban J connectivity index is 2.53. The highest BCUT2D eigenvalue weighted by molar-refractivity contribution is 6.65. The lowest BCUT2D eigenvalue weighted by Gasteiger charge is -1.94. The minimum atomic E-state index is 0.0587. The predicted molar refractivity (Wildman–Crippen MR) is 59.2 cm³/mol. The Morgan fingerprint density at radius 2 is 2.07 bits per heavy atom. The number of phenolic OH excluding ortho intramolecular Hbond substituents is 1. The van der Waals surface area contributed by atoms with E-state index in [1.54, 1.807) is 12.1 Å². The Morgan fingerprint density at radius 3 is 2.64 bits per heavy atom. The van der Waals surface area contributed by atoms with Gasteiger partial charge >= 0.3 is 0 Å². The molecule has 0 atom stereocenters. The quantitative estimate of drug-likeness (QED) is 0.735. The van der Waals surface area contributed by atoms with Gasteiger partial charge in [0.15, 0.2) is 0 Å². The third kappa shape index (κ3) is 3.36. The molecule has 0 heterocycles. The summed E-state index contributed by atoms with van der Waals surface area (Å²) in [5, 5.41) is 17.6. The van der Waals surface area contributed by atoms with Gasteiger partial charge in [0.1, 0.15) is 5.75 Å². The monoisotopic (exact) mass is 185 g/mol. The van der Waals surface area contributed by atoms with Gasteiger partial charge in [-0.05, 0) is 24.0 Å². The van der Waals surface area contributed by atoms with Crippen molar-refractivity contribution in [2.45, 2.75) is 13.1 Å². The lowest BCUT2D eigenvalue weighted by Crippen LogP contribution is -1.99. The van der Waals surface area contributed by atoms with Gasteiger partial charge in [-0.15, -0.1) is 0 Å². The Kier molecular flexibility index (Phi) is 3.81. The number of aromatic hydroxyl groups is 1. The van der Waals surface area contributed by atoms with Crippen molar-refractivity contribution in [2.24, 2.45) is 0 Å². The molecule has 0 fully saturated rings. The van der Waals surface area contributed by atoms with Crippen LogP contribution in [-0.4, -0.2) is 11.8 Å². The van der Waals surface area contributed by atoms with Crippen LogP contribution in [0.15, 0.2) is 30.3 Å². The maximum absolute atomic E-state index is 9.04. The summed E-state index contributed by atoms with van der Waals surface area (Å²) in [5.41, 5.74) is 1.04. The number of benzene rings is 1. The largest absolute Gasteiger partial charge is 0.508 e. The number of hydrogen-bond donors (Lipinski definition) is 1. The molecule has 1 rings (SSSR count). The van der Waals surface area contributed by atoms with Gasteiger partial charge in [-0.2, -0.15) is 0 Å². The van der Waals surface area contributed by atoms with Crippen LogP contribution in [0.5, 0.6) is 5.75 Å². The summed E-state index contributed by atoms with van der Waals surface area (Å²) in [7, 11) is 0. The Bertz CT molecular complexity index is 351. The van der Waals surface area contributed by atoms with Gasteiger partial charge in [0.2, 0.25) is 0 Å². The van der Waals surface area contributed by atoms with E-state index in [0.29, 0.717) is 0 Å². The summed E-state index contributed by atoms with van der Waals surface area (Å²) in [5.74, 6) is 2.44. The maximum atomic E-state index is 9.04. The summed E-state index contributed by atoms with van der Waals surface area (Å²) < 4.78 is 0. The first-order valence-electron chi connectivity index (χ1n) is 4.57. The van der Waals surface area contributed by atoms with Gasteiger partial charge in [0.05, 0.1) is 0 Å². The van der Waals surface area contributed by atoms with Gasteiger partial charge in [-0.1, -0.05) is 31.1 Å². The molecule has 0 spiro atoms. The molecular formula is C11H12BNO. The Labute approximate surface area is 84.6 Å². The lowest BCUT2D eigenvalue weighted by molar-refractivity contribution is 0.475. The van der Waals surface area contributed by atoms with Crippen molar-refractivity contribution < 1.29 is 5.11 Å². The summed E-state index contributed by atoms with van der Waals surface area (Å²) in [6.07, 6.45) is 4.69. The molecule has 1 aromatic rings. The number of allylic oxidation sites excluding steroid dienone is 1. The average Bonchev–Trinajstić information content (AvgIpc) is 2.21. The van der Waals surface area contributed by atoms with Crippen LogP contribution in [0.4, 0.5) is 0 Å². The van der Waals surface area contributed by atoms with Gasteiger partial charge in [0, 0.05) is 5.97 Å². The van der Waals surface area contributed by atoms with E-state index < -0.39 is 0 Å². The molecule has 0 radical (unpaired) electrons. The topological polar surface area (TPSA) is 44.0 Å². The molecule has 0 aliphatic carbocycles. The van der Waals surface area contributed by atoms with E-state index in [1.807, 2.05) is 31.1 Å². The molecule has 0 saturated carbocycles. The fraction of sp³-hybridized carbons (Fsp3) is 0.182. The minimum absolute atomic E-state index is 0.0587. The average molecular weight is 185 g/mol. The van der Waals surface area contributed by atoms with Crippen LogP contribution >= 0.6 is 0 Å². The van der Waals surface area contributed by atoms with Gasteiger partial charge < -0.3 is 5.11 Å². The summed E-state index contributed by atoms with van der Waals surface area (Å²) in [6.45, 7) is 1.95. The molecule has 0 aliphatic heterocycles. The third-order valence-corrected chi connectivity index (χ3v) is 1.91. The second-order valence-electron chi connectivity index (χ2n) is 3.26. The number of nitrogens with zero attached hydrogens (tertiary/aromatic N) is 1. The minimum Gasteiger partial charge on any atom is -0.508 e. The van der Waals surface area contributed by atoms with Crippen molar-refractivity contribution in [2.75, 3.05) is 0 Å². The summed E-state index contributed by atoms with van der Waals surface area (Å²) >= 11 is 0. The van der Waals surface area contributed by atoms with Gasteiger partial charge in [0.25, 0.3) is 6.71 Å². The zero-order valence-corrected chi connectivity index (χ0v) is 8.14. The molecule has 0 aliphatic rings. The highest BCUT2D eigenvalue weighted by Gasteiger charge is 2.00. The number of rotatable bonds is 3. The zero-order chi connectivity index (χ0) is 10.4. The van der Waals surface area contributed by atoms with E-state index >= 15 is 0 Å². The SMILES string of the molecule is CB(C#N)C/C=C\c1ccc(O)cc1. The Morgan fingerprint density at radius 1 is 1.43 bits per heavy atom. The van der Waals surface area contributed by atoms with E-state index in [9.17, 15) is 0 Å². The highest BCUT2D eigenvalue weighted by atomic mass is 16.3. The molecule has 2 nitrogen and oxygen atoms in total. The predicted octanol–water partition coefficient (Wildman–Crippen LogP) is 2.59. The smallest absolute Gasteiger partial charge is 0.268 e. The molecular weight excluding hydrogens is 173 g/mol. The van der Waals surface area contributed by atoms with Crippen LogP contribution in [0.1, 0.15) is 5.56 Å². The molecule has 1 N–H and O–H groups in total. The van der Waals surface area contributed by atoms with Crippen molar-refractivity contribution in [1.82, 2.24) is 0 Å². The van der Waals surface area contributed by atoms with E-state index in [4.69, 9.17) is 10.4 Å². The number of hydrogen-bond acceptors (Lipinski definition) is 2. The van der Waals surface area contributed by atoms with Crippen LogP contribution in [0.25, 0.3) is 6.08 Å². The first-order chi connectivity index (χ1) is 6.72. The van der Waals surface area contributed by atoms with Crippen molar-refractivity contribution >= 4 is 12.8 Å². The van der Waals surface area contributed by atoms with Crippen LogP contribution in [0.2, 0.25) is 13.1 Å². The second kappa shape index (κ2) is 5.13. The van der Waals surface area contributed by atoms with Crippen LogP contribution in [0, 0.1) is 11.2 Å². The Hall–Kier alpha value is -1.69. The molecule has 0 unspecified atom stereocenters. The third-order valence-electron chi connectivity index (χ3n) is 1.91. The van der Waals surface area contributed by atoms with Crippen LogP contribution in [0.3, 0.4) is 0 Å². The van der Waals surface area contributed by atoms with Crippen molar-refractivity contribution in [1.29, 1.82) is 5.26 Å². The number of nitriles is 1. The van der Waals surface area contributed by atoms with Crippen molar-refractivity contribution in [3.8, 4) is 11.7 Å². The molecule has 3 heteroatoms. The first-order valence-corrected chi connectivity index (χ1v) is 4.57. The fourth-order valence-electron chi connectivity index (χ4n) is 1.05.